The molecule has 2 aromatic rings. The fraction of sp³-hybridized carbons (Fsp3) is 0.385. The molecule has 0 bridgehead atoms. The number of aromatic nitrogens is 2. The fourth-order valence-electron chi connectivity index (χ4n) is 1.81. The highest BCUT2D eigenvalue weighted by atomic mass is 79.9. The Kier molecular flexibility index (Phi) is 4.68. The van der Waals surface area contributed by atoms with Crippen LogP contribution in [-0.4, -0.2) is 39.9 Å². The maximum Gasteiger partial charge on any atom is 0.248 e. The van der Waals surface area contributed by atoms with Crippen molar-refractivity contribution in [2.45, 2.75) is 19.6 Å². The van der Waals surface area contributed by atoms with Gasteiger partial charge < -0.3 is 9.52 Å². The highest BCUT2D eigenvalue weighted by Crippen LogP contribution is 2.26. The third-order valence-electron chi connectivity index (χ3n) is 2.55. The lowest BCUT2D eigenvalue weighted by Crippen LogP contribution is -2.26. The first kappa shape index (κ1) is 14.2. The lowest BCUT2D eigenvalue weighted by atomic mass is 10.2. The van der Waals surface area contributed by atoms with E-state index in [1.807, 2.05) is 36.2 Å². The van der Waals surface area contributed by atoms with Crippen LogP contribution >= 0.6 is 15.9 Å². The maximum absolute atomic E-state index is 9.31. The second-order valence-electron chi connectivity index (χ2n) is 4.53. The summed E-state index contributed by atoms with van der Waals surface area (Å²) in [6.45, 7) is 2.83. The van der Waals surface area contributed by atoms with Crippen LogP contribution < -0.4 is 0 Å². The van der Waals surface area contributed by atoms with Crippen molar-refractivity contribution >= 4 is 15.9 Å². The molecule has 1 heterocycles. The number of aliphatic hydroxyl groups excluding tert-OH is 1. The lowest BCUT2D eigenvalue weighted by Gasteiger charge is -2.15. The average Bonchev–Trinajstić information content (AvgIpc) is 2.76. The molecule has 6 heteroatoms. The van der Waals surface area contributed by atoms with E-state index in [0.29, 0.717) is 24.9 Å². The van der Waals surface area contributed by atoms with E-state index in [9.17, 15) is 5.11 Å². The first-order valence-electron chi connectivity index (χ1n) is 6.00. The van der Waals surface area contributed by atoms with Gasteiger partial charge in [0, 0.05) is 11.0 Å². The van der Waals surface area contributed by atoms with Crippen LogP contribution in [0.5, 0.6) is 0 Å². The minimum absolute atomic E-state index is 0.379. The lowest BCUT2D eigenvalue weighted by molar-refractivity contribution is 0.133. The van der Waals surface area contributed by atoms with Gasteiger partial charge in [0.1, 0.15) is 0 Å². The summed E-state index contributed by atoms with van der Waals surface area (Å²) in [6.07, 6.45) is -0.379. The molecule has 0 fully saturated rings. The quantitative estimate of drug-likeness (QED) is 0.914. The molecular weight excluding hydrogens is 310 g/mol. The molecule has 19 heavy (non-hydrogen) atoms. The molecule has 1 N–H and O–H groups in total. The number of aliphatic hydroxyl groups is 1. The summed E-state index contributed by atoms with van der Waals surface area (Å²) in [7, 11) is 1.90. The molecule has 102 valence electrons. The van der Waals surface area contributed by atoms with E-state index >= 15 is 0 Å². The highest BCUT2D eigenvalue weighted by Gasteiger charge is 2.13. The summed E-state index contributed by atoms with van der Waals surface area (Å²) in [5.41, 5.74) is 0.874. The Morgan fingerprint density at radius 1 is 1.37 bits per heavy atom. The van der Waals surface area contributed by atoms with Gasteiger partial charge in [-0.05, 0) is 42.0 Å². The zero-order chi connectivity index (χ0) is 13.8. The van der Waals surface area contributed by atoms with Gasteiger partial charge in [-0.25, -0.2) is 0 Å². The van der Waals surface area contributed by atoms with Crippen LogP contribution in [0.1, 0.15) is 12.8 Å². The summed E-state index contributed by atoms with van der Waals surface area (Å²) < 4.78 is 6.55. The number of halogens is 1. The first-order chi connectivity index (χ1) is 9.06. The minimum Gasteiger partial charge on any atom is -0.419 e. The van der Waals surface area contributed by atoms with E-state index in [1.54, 1.807) is 6.92 Å². The van der Waals surface area contributed by atoms with Gasteiger partial charge in [0.15, 0.2) is 0 Å². The fourth-order valence-corrected chi connectivity index (χ4v) is 2.26. The van der Waals surface area contributed by atoms with Crippen LogP contribution in [0.25, 0.3) is 11.5 Å². The SMILES string of the molecule is CC(O)CN(C)Cc1nnc(-c2ccccc2Br)o1. The van der Waals surface area contributed by atoms with Crippen molar-refractivity contribution in [3.8, 4) is 11.5 Å². The van der Waals surface area contributed by atoms with Crippen molar-refractivity contribution in [2.75, 3.05) is 13.6 Å². The topological polar surface area (TPSA) is 62.4 Å². The summed E-state index contributed by atoms with van der Waals surface area (Å²) >= 11 is 3.45. The smallest absolute Gasteiger partial charge is 0.248 e. The molecule has 0 saturated carbocycles. The predicted octanol–water partition coefficient (Wildman–Crippen LogP) is 2.31. The molecule has 0 spiro atoms. The number of rotatable bonds is 5. The van der Waals surface area contributed by atoms with Crippen LogP contribution in [0.4, 0.5) is 0 Å². The molecule has 0 aliphatic heterocycles. The second-order valence-corrected chi connectivity index (χ2v) is 5.38. The second kappa shape index (κ2) is 6.27. The summed E-state index contributed by atoms with van der Waals surface area (Å²) in [5.74, 6) is 1.03. The van der Waals surface area contributed by atoms with Crippen LogP contribution in [0.2, 0.25) is 0 Å². The van der Waals surface area contributed by atoms with E-state index in [1.165, 1.54) is 0 Å². The van der Waals surface area contributed by atoms with E-state index < -0.39 is 0 Å². The Morgan fingerprint density at radius 3 is 2.79 bits per heavy atom. The highest BCUT2D eigenvalue weighted by molar-refractivity contribution is 9.10. The van der Waals surface area contributed by atoms with Gasteiger partial charge in [-0.15, -0.1) is 10.2 Å². The zero-order valence-electron chi connectivity index (χ0n) is 10.9. The molecule has 1 atom stereocenters. The van der Waals surface area contributed by atoms with E-state index in [-0.39, 0.29) is 6.10 Å². The van der Waals surface area contributed by atoms with E-state index in [4.69, 9.17) is 4.42 Å². The Hall–Kier alpha value is -1.24. The molecule has 0 aliphatic carbocycles. The monoisotopic (exact) mass is 325 g/mol. The zero-order valence-corrected chi connectivity index (χ0v) is 12.5. The average molecular weight is 326 g/mol. The van der Waals surface area contributed by atoms with Gasteiger partial charge in [0.2, 0.25) is 11.8 Å². The molecule has 1 aromatic carbocycles. The van der Waals surface area contributed by atoms with Crippen LogP contribution in [0.3, 0.4) is 0 Å². The van der Waals surface area contributed by atoms with Gasteiger partial charge >= 0.3 is 0 Å². The molecule has 1 unspecified atom stereocenters. The minimum atomic E-state index is -0.379. The van der Waals surface area contributed by atoms with Gasteiger partial charge in [0.05, 0.1) is 18.2 Å². The van der Waals surface area contributed by atoms with Crippen molar-refractivity contribution in [1.29, 1.82) is 0 Å². The number of nitrogens with zero attached hydrogens (tertiary/aromatic N) is 3. The Balaban J connectivity index is 2.09. The van der Waals surface area contributed by atoms with Crippen molar-refractivity contribution in [1.82, 2.24) is 15.1 Å². The van der Waals surface area contributed by atoms with Gasteiger partial charge in [0.25, 0.3) is 0 Å². The maximum atomic E-state index is 9.31. The van der Waals surface area contributed by atoms with Gasteiger partial charge in [-0.1, -0.05) is 12.1 Å². The molecule has 0 amide bonds. The molecule has 2 rings (SSSR count). The Bertz CT molecular complexity index is 542. The molecule has 1 aromatic heterocycles. The van der Waals surface area contributed by atoms with Crippen LogP contribution in [0.15, 0.2) is 33.2 Å². The largest absolute Gasteiger partial charge is 0.419 e. The standard InChI is InChI=1S/C13H16BrN3O2/c1-9(18)7-17(2)8-12-15-16-13(19-12)10-5-3-4-6-11(10)14/h3-6,9,18H,7-8H2,1-2H3. The van der Waals surface area contributed by atoms with Gasteiger partial charge in [-0.2, -0.15) is 0 Å². The normalized spacial score (nSPS) is 12.9. The molecular formula is C13H16BrN3O2. The molecule has 0 saturated heterocycles. The van der Waals surface area contributed by atoms with Crippen molar-refractivity contribution in [2.24, 2.45) is 0 Å². The third-order valence-corrected chi connectivity index (χ3v) is 3.24. The summed E-state index contributed by atoms with van der Waals surface area (Å²) in [5, 5.41) is 17.4. The van der Waals surface area contributed by atoms with Crippen molar-refractivity contribution in [3.63, 3.8) is 0 Å². The van der Waals surface area contributed by atoms with E-state index in [0.717, 1.165) is 10.0 Å². The number of hydrogen-bond donors (Lipinski definition) is 1. The summed E-state index contributed by atoms with van der Waals surface area (Å²) in [4.78, 5) is 1.93. The molecule has 5 nitrogen and oxygen atoms in total. The Labute approximate surface area is 120 Å². The number of hydrogen-bond acceptors (Lipinski definition) is 5. The van der Waals surface area contributed by atoms with Crippen LogP contribution in [-0.2, 0) is 6.54 Å². The first-order valence-corrected chi connectivity index (χ1v) is 6.79. The van der Waals surface area contributed by atoms with Crippen molar-refractivity contribution in [3.05, 3.63) is 34.6 Å². The van der Waals surface area contributed by atoms with Crippen LogP contribution in [0, 0.1) is 0 Å². The summed E-state index contributed by atoms with van der Waals surface area (Å²) in [6, 6.07) is 7.70. The molecule has 0 aliphatic rings. The van der Waals surface area contributed by atoms with Crippen molar-refractivity contribution < 1.29 is 9.52 Å². The molecule has 0 radical (unpaired) electrons. The van der Waals surface area contributed by atoms with E-state index in [2.05, 4.69) is 26.1 Å². The number of benzene rings is 1. The third kappa shape index (κ3) is 3.86. The Morgan fingerprint density at radius 2 is 2.11 bits per heavy atom. The predicted molar refractivity (Wildman–Crippen MR) is 75.4 cm³/mol. The number of likely N-dealkylation sites (N-methyl/N-ethyl adjacent to an activating group) is 1. The van der Waals surface area contributed by atoms with Gasteiger partial charge in [-0.3, -0.25) is 4.90 Å².